The van der Waals surface area contributed by atoms with Crippen LogP contribution < -0.4 is 15.0 Å². The van der Waals surface area contributed by atoms with Gasteiger partial charge in [0.05, 0.1) is 22.8 Å². The van der Waals surface area contributed by atoms with Gasteiger partial charge in [-0.15, -0.1) is 0 Å². The summed E-state index contributed by atoms with van der Waals surface area (Å²) in [6, 6.07) is 9.08. The summed E-state index contributed by atoms with van der Waals surface area (Å²) in [7, 11) is 0. The third-order valence-electron chi connectivity index (χ3n) is 5.04. The van der Waals surface area contributed by atoms with Gasteiger partial charge in [-0.2, -0.15) is 0 Å². The highest BCUT2D eigenvalue weighted by molar-refractivity contribution is 6.34. The van der Waals surface area contributed by atoms with Crippen LogP contribution in [-0.2, 0) is 6.54 Å². The number of hydrogen-bond donors (Lipinski definition) is 1. The van der Waals surface area contributed by atoms with E-state index in [0.717, 1.165) is 6.07 Å². The number of carbonyl (C=O) groups is 2. The van der Waals surface area contributed by atoms with Crippen molar-refractivity contribution in [2.75, 3.05) is 18.1 Å². The number of carbonyl (C=O) groups excluding carboxylic acids is 2. The van der Waals surface area contributed by atoms with E-state index in [0.29, 0.717) is 12.1 Å². The average Bonchev–Trinajstić information content (AvgIpc) is 2.77. The number of nitrogens with zero attached hydrogens (tertiary/aromatic N) is 1. The lowest BCUT2D eigenvalue weighted by Gasteiger charge is -2.30. The fourth-order valence-electron chi connectivity index (χ4n) is 3.42. The van der Waals surface area contributed by atoms with Crippen LogP contribution in [0.25, 0.3) is 0 Å². The molecule has 0 aliphatic carbocycles. The van der Waals surface area contributed by atoms with Crippen molar-refractivity contribution >= 4 is 29.1 Å². The molecule has 0 atom stereocenters. The first-order valence-corrected chi connectivity index (χ1v) is 10.1. The molecule has 0 fully saturated rings. The van der Waals surface area contributed by atoms with Gasteiger partial charge >= 0.3 is 0 Å². The Morgan fingerprint density at radius 2 is 1.73 bits per heavy atom. The minimum atomic E-state index is -1.13. The van der Waals surface area contributed by atoms with Crippen LogP contribution in [0, 0.1) is 23.3 Å². The van der Waals surface area contributed by atoms with Crippen LogP contribution in [0.3, 0.4) is 0 Å². The fourth-order valence-corrected chi connectivity index (χ4v) is 3.66. The summed E-state index contributed by atoms with van der Waals surface area (Å²) < 4.78 is 60.5. The van der Waals surface area contributed by atoms with E-state index in [1.165, 1.54) is 35.2 Å². The van der Waals surface area contributed by atoms with Crippen molar-refractivity contribution in [3.8, 4) is 5.75 Å². The van der Waals surface area contributed by atoms with Crippen molar-refractivity contribution in [1.29, 1.82) is 0 Å². The smallest absolute Gasteiger partial charge is 0.263 e. The summed E-state index contributed by atoms with van der Waals surface area (Å²) in [5.74, 6) is -5.27. The molecule has 0 bridgehead atoms. The molecule has 1 N–H and O–H groups in total. The summed E-state index contributed by atoms with van der Waals surface area (Å²) >= 11 is 6.02. The predicted octanol–water partition coefficient (Wildman–Crippen LogP) is 4.87. The van der Waals surface area contributed by atoms with Gasteiger partial charge < -0.3 is 15.0 Å². The van der Waals surface area contributed by atoms with Crippen molar-refractivity contribution in [2.45, 2.75) is 6.54 Å². The number of rotatable bonds is 4. The molecule has 3 aromatic rings. The van der Waals surface area contributed by atoms with Crippen LogP contribution in [-0.4, -0.2) is 25.0 Å². The lowest BCUT2D eigenvalue weighted by Crippen LogP contribution is -2.38. The lowest BCUT2D eigenvalue weighted by atomic mass is 10.1. The maximum atomic E-state index is 14.3. The second-order valence-corrected chi connectivity index (χ2v) is 7.52. The molecule has 0 spiro atoms. The quantitative estimate of drug-likeness (QED) is 0.545. The molecule has 1 heterocycles. The third-order valence-corrected chi connectivity index (χ3v) is 5.35. The third kappa shape index (κ3) is 4.49. The minimum Gasteiger partial charge on any atom is -0.490 e. The Labute approximate surface area is 190 Å². The zero-order valence-electron chi connectivity index (χ0n) is 16.8. The van der Waals surface area contributed by atoms with Crippen molar-refractivity contribution in [3.05, 3.63) is 93.5 Å². The zero-order valence-corrected chi connectivity index (χ0v) is 17.6. The van der Waals surface area contributed by atoms with E-state index in [4.69, 9.17) is 16.3 Å². The van der Waals surface area contributed by atoms with Gasteiger partial charge in [-0.05, 0) is 30.3 Å². The Bertz CT molecular complexity index is 1230. The molecular weight excluding hydrogens is 464 g/mol. The van der Waals surface area contributed by atoms with Crippen LogP contribution in [0.4, 0.5) is 23.2 Å². The van der Waals surface area contributed by atoms with E-state index in [1.807, 2.05) is 0 Å². The first-order valence-electron chi connectivity index (χ1n) is 9.70. The Balaban J connectivity index is 1.59. The number of amides is 2. The molecule has 4 rings (SSSR count). The maximum absolute atomic E-state index is 14.3. The van der Waals surface area contributed by atoms with E-state index in [9.17, 15) is 27.2 Å². The summed E-state index contributed by atoms with van der Waals surface area (Å²) in [4.78, 5) is 26.9. The first-order chi connectivity index (χ1) is 15.8. The van der Waals surface area contributed by atoms with Gasteiger partial charge in [0, 0.05) is 29.8 Å². The van der Waals surface area contributed by atoms with Gasteiger partial charge in [-0.1, -0.05) is 17.7 Å². The molecule has 0 aromatic heterocycles. The van der Waals surface area contributed by atoms with E-state index < -0.39 is 47.2 Å². The molecule has 33 heavy (non-hydrogen) atoms. The van der Waals surface area contributed by atoms with E-state index in [2.05, 4.69) is 5.32 Å². The highest BCUT2D eigenvalue weighted by atomic mass is 35.5. The van der Waals surface area contributed by atoms with Crippen LogP contribution >= 0.6 is 11.6 Å². The summed E-state index contributed by atoms with van der Waals surface area (Å²) in [6.45, 7) is -0.315. The molecule has 3 aromatic carbocycles. The Morgan fingerprint density at radius 3 is 2.42 bits per heavy atom. The second-order valence-electron chi connectivity index (χ2n) is 7.12. The predicted molar refractivity (Wildman–Crippen MR) is 113 cm³/mol. The molecule has 0 saturated carbocycles. The largest absolute Gasteiger partial charge is 0.490 e. The average molecular weight is 479 g/mol. The lowest BCUT2D eigenvalue weighted by molar-refractivity contribution is 0.0945. The number of nitrogens with one attached hydrogen (secondary N) is 1. The summed E-state index contributed by atoms with van der Waals surface area (Å²) in [5.41, 5.74) is -0.557. The molecule has 10 heteroatoms. The van der Waals surface area contributed by atoms with Crippen molar-refractivity contribution in [2.24, 2.45) is 0 Å². The van der Waals surface area contributed by atoms with Gasteiger partial charge in [0.15, 0.2) is 0 Å². The number of ether oxygens (including phenoxy) is 1. The molecular formula is C23H15ClF4N2O3. The van der Waals surface area contributed by atoms with Crippen LogP contribution in [0.1, 0.15) is 26.3 Å². The molecule has 0 radical (unpaired) electrons. The fraction of sp³-hybridized carbons (Fsp3) is 0.130. The van der Waals surface area contributed by atoms with Gasteiger partial charge in [0.1, 0.15) is 35.6 Å². The Hall–Kier alpha value is -3.59. The van der Waals surface area contributed by atoms with Crippen LogP contribution in [0.5, 0.6) is 5.75 Å². The van der Waals surface area contributed by atoms with Crippen LogP contribution in [0.15, 0.2) is 48.5 Å². The molecule has 0 unspecified atom stereocenters. The molecule has 2 amide bonds. The Morgan fingerprint density at radius 1 is 1.00 bits per heavy atom. The number of anilines is 1. The van der Waals surface area contributed by atoms with Crippen molar-refractivity contribution in [3.63, 3.8) is 0 Å². The molecule has 5 nitrogen and oxygen atoms in total. The van der Waals surface area contributed by atoms with Gasteiger partial charge in [0.25, 0.3) is 11.8 Å². The highest BCUT2D eigenvalue weighted by Crippen LogP contribution is 2.35. The Kier molecular flexibility index (Phi) is 6.24. The van der Waals surface area contributed by atoms with Crippen molar-refractivity contribution in [1.82, 2.24) is 5.32 Å². The summed E-state index contributed by atoms with van der Waals surface area (Å²) in [6.07, 6.45) is 0. The topological polar surface area (TPSA) is 58.6 Å². The summed E-state index contributed by atoms with van der Waals surface area (Å²) in [5, 5.41) is 2.29. The monoisotopic (exact) mass is 478 g/mol. The zero-order chi connectivity index (χ0) is 23.7. The number of hydrogen-bond acceptors (Lipinski definition) is 3. The standard InChI is InChI=1S/C23H15ClF4N2O3/c24-15-2-1-3-16(26)21(15)23(32)30-6-7-33-20-5-4-12(8-19(20)30)22(31)29-11-14-17(27)9-13(25)10-18(14)28/h1-5,8-10H,6-7,11H2,(H,29,31). The number of halogens is 5. The highest BCUT2D eigenvalue weighted by Gasteiger charge is 2.29. The SMILES string of the molecule is O=C(NCc1c(F)cc(F)cc1F)c1ccc2c(c1)N(C(=O)c1c(F)cccc1Cl)CCO2. The second kappa shape index (κ2) is 9.11. The van der Waals surface area contributed by atoms with Gasteiger partial charge in [-0.25, -0.2) is 17.6 Å². The van der Waals surface area contributed by atoms with E-state index >= 15 is 0 Å². The minimum absolute atomic E-state index is 0.0552. The van der Waals surface area contributed by atoms with E-state index in [-0.39, 0.29) is 40.7 Å². The van der Waals surface area contributed by atoms with Gasteiger partial charge in [0.2, 0.25) is 0 Å². The number of benzene rings is 3. The van der Waals surface area contributed by atoms with E-state index in [1.54, 1.807) is 0 Å². The van der Waals surface area contributed by atoms with Crippen molar-refractivity contribution < 1.29 is 31.9 Å². The number of fused-ring (bicyclic) bond motifs is 1. The first kappa shape index (κ1) is 22.6. The molecule has 1 aliphatic heterocycles. The maximum Gasteiger partial charge on any atom is 0.263 e. The molecule has 1 aliphatic rings. The van der Waals surface area contributed by atoms with Crippen LogP contribution in [0.2, 0.25) is 5.02 Å². The van der Waals surface area contributed by atoms with Gasteiger partial charge in [-0.3, -0.25) is 9.59 Å². The normalized spacial score (nSPS) is 12.7. The molecule has 170 valence electrons. The molecule has 0 saturated heterocycles.